The van der Waals surface area contributed by atoms with Gasteiger partial charge in [-0.15, -0.1) is 0 Å². The molecule has 0 aliphatic carbocycles. The van der Waals surface area contributed by atoms with Gasteiger partial charge in [0.25, 0.3) is 0 Å². The molecule has 1 aromatic carbocycles. The average Bonchev–Trinajstić information content (AvgIpc) is 2.16. The second-order valence-corrected chi connectivity index (χ2v) is 3.44. The molecule has 1 aromatic heterocycles. The van der Waals surface area contributed by atoms with Crippen molar-refractivity contribution >= 4 is 0 Å². The van der Waals surface area contributed by atoms with E-state index in [2.05, 4.69) is 16.0 Å². The molecule has 0 fully saturated rings. The molecule has 0 atom stereocenters. The number of rotatable bonds is 1. The maximum Gasteiger partial charge on any atom is 0.159 e. The van der Waals surface area contributed by atoms with Gasteiger partial charge in [-0.2, -0.15) is 0 Å². The molecule has 3 heteroatoms. The Morgan fingerprint density at radius 3 is 2.40 bits per heavy atom. The summed E-state index contributed by atoms with van der Waals surface area (Å²) < 4.78 is 0. The molecule has 75 valence electrons. The summed E-state index contributed by atoms with van der Waals surface area (Å²) in [5.41, 5.74) is 2.65. The Hall–Kier alpha value is -1.90. The van der Waals surface area contributed by atoms with Crippen molar-refractivity contribution in [3.05, 3.63) is 41.7 Å². The zero-order valence-corrected chi connectivity index (χ0v) is 8.65. The standard InChI is InChI=1S/C12H11N2O/c1-8-6-9(2)14-12(13-8)10-4-3-5-11(15)7-10/h3-4,6-7,15H,1-2H3. The molecule has 1 heterocycles. The zero-order valence-electron chi connectivity index (χ0n) is 8.65. The Morgan fingerprint density at radius 2 is 1.80 bits per heavy atom. The van der Waals surface area contributed by atoms with Crippen molar-refractivity contribution in [3.63, 3.8) is 0 Å². The van der Waals surface area contributed by atoms with Gasteiger partial charge in [-0.25, -0.2) is 9.97 Å². The fourth-order valence-corrected chi connectivity index (χ4v) is 1.45. The van der Waals surface area contributed by atoms with Gasteiger partial charge in [-0.1, -0.05) is 6.07 Å². The van der Waals surface area contributed by atoms with E-state index in [9.17, 15) is 5.11 Å². The molecule has 0 amide bonds. The van der Waals surface area contributed by atoms with Crippen LogP contribution in [0.1, 0.15) is 11.4 Å². The van der Waals surface area contributed by atoms with E-state index in [0.29, 0.717) is 5.82 Å². The Bertz CT molecular complexity index is 474. The fraction of sp³-hybridized carbons (Fsp3) is 0.167. The Kier molecular flexibility index (Phi) is 2.37. The number of nitrogens with zero attached hydrogens (tertiary/aromatic N) is 2. The third-order valence-electron chi connectivity index (χ3n) is 2.03. The lowest BCUT2D eigenvalue weighted by molar-refractivity contribution is 0.474. The van der Waals surface area contributed by atoms with Crippen LogP contribution in [-0.2, 0) is 0 Å². The number of hydrogen-bond donors (Lipinski definition) is 1. The monoisotopic (exact) mass is 199 g/mol. The minimum absolute atomic E-state index is 0.107. The molecule has 3 nitrogen and oxygen atoms in total. The van der Waals surface area contributed by atoms with Crippen LogP contribution in [0.25, 0.3) is 11.4 Å². The van der Waals surface area contributed by atoms with Gasteiger partial charge in [0.1, 0.15) is 5.75 Å². The maximum absolute atomic E-state index is 9.30. The summed E-state index contributed by atoms with van der Waals surface area (Å²) in [5, 5.41) is 9.30. The van der Waals surface area contributed by atoms with Crippen molar-refractivity contribution in [1.29, 1.82) is 0 Å². The first kappa shape index (κ1) is 9.65. The van der Waals surface area contributed by atoms with Crippen LogP contribution in [0.4, 0.5) is 0 Å². The predicted octanol–water partition coefficient (Wildman–Crippen LogP) is 2.27. The number of hydrogen-bond acceptors (Lipinski definition) is 3. The van der Waals surface area contributed by atoms with Crippen LogP contribution in [-0.4, -0.2) is 15.1 Å². The van der Waals surface area contributed by atoms with Crippen molar-refractivity contribution in [2.75, 3.05) is 0 Å². The van der Waals surface area contributed by atoms with E-state index in [0.717, 1.165) is 17.0 Å². The van der Waals surface area contributed by atoms with Crippen LogP contribution in [0.5, 0.6) is 5.75 Å². The summed E-state index contributed by atoms with van der Waals surface area (Å²) in [5.74, 6) is 0.743. The van der Waals surface area contributed by atoms with Crippen LogP contribution in [0.2, 0.25) is 0 Å². The van der Waals surface area contributed by atoms with Gasteiger partial charge >= 0.3 is 0 Å². The summed E-state index contributed by atoms with van der Waals surface area (Å²) in [6.45, 7) is 3.85. The molecule has 2 aromatic rings. The Morgan fingerprint density at radius 1 is 1.13 bits per heavy atom. The lowest BCUT2D eigenvalue weighted by Gasteiger charge is -2.03. The maximum atomic E-state index is 9.30. The summed E-state index contributed by atoms with van der Waals surface area (Å²) in [4.78, 5) is 8.62. The number of phenolic OH excluding ortho intramolecular Hbond substituents is 1. The van der Waals surface area contributed by atoms with E-state index in [-0.39, 0.29) is 5.75 Å². The molecule has 15 heavy (non-hydrogen) atoms. The largest absolute Gasteiger partial charge is 0.507 e. The van der Waals surface area contributed by atoms with Gasteiger partial charge in [-0.05, 0) is 32.0 Å². The summed E-state index contributed by atoms with van der Waals surface area (Å²) >= 11 is 0. The topological polar surface area (TPSA) is 46.0 Å². The first-order valence-corrected chi connectivity index (χ1v) is 4.68. The van der Waals surface area contributed by atoms with Crippen molar-refractivity contribution in [2.24, 2.45) is 0 Å². The highest BCUT2D eigenvalue weighted by molar-refractivity contribution is 5.57. The fourth-order valence-electron chi connectivity index (χ4n) is 1.45. The number of aryl methyl sites for hydroxylation is 2. The second-order valence-electron chi connectivity index (χ2n) is 3.44. The molecule has 0 aliphatic rings. The molecular weight excluding hydrogens is 188 g/mol. The minimum atomic E-state index is 0.107. The summed E-state index contributed by atoms with van der Waals surface area (Å²) in [6, 6.07) is 9.68. The number of benzene rings is 1. The van der Waals surface area contributed by atoms with Crippen LogP contribution >= 0.6 is 0 Å². The van der Waals surface area contributed by atoms with Gasteiger partial charge in [0.05, 0.1) is 0 Å². The van der Waals surface area contributed by atoms with Gasteiger partial charge in [0, 0.05) is 23.0 Å². The van der Waals surface area contributed by atoms with E-state index in [1.165, 1.54) is 0 Å². The molecular formula is C12H11N2O. The third kappa shape index (κ3) is 2.13. The number of phenols is 1. The Balaban J connectivity index is 2.54. The molecule has 1 radical (unpaired) electrons. The smallest absolute Gasteiger partial charge is 0.159 e. The third-order valence-corrected chi connectivity index (χ3v) is 2.03. The number of aromatic nitrogens is 2. The van der Waals surface area contributed by atoms with Crippen LogP contribution in [0, 0.1) is 19.9 Å². The van der Waals surface area contributed by atoms with Gasteiger partial charge < -0.3 is 5.11 Å². The predicted molar refractivity (Wildman–Crippen MR) is 57.4 cm³/mol. The average molecular weight is 199 g/mol. The van der Waals surface area contributed by atoms with Crippen LogP contribution in [0.3, 0.4) is 0 Å². The minimum Gasteiger partial charge on any atom is -0.507 e. The molecule has 0 spiro atoms. The quantitative estimate of drug-likeness (QED) is 0.766. The van der Waals surface area contributed by atoms with Gasteiger partial charge in [0.15, 0.2) is 5.82 Å². The highest BCUT2D eigenvalue weighted by Gasteiger charge is 2.03. The van der Waals surface area contributed by atoms with Crippen molar-refractivity contribution in [2.45, 2.75) is 13.8 Å². The molecule has 0 bridgehead atoms. The van der Waals surface area contributed by atoms with Crippen molar-refractivity contribution in [1.82, 2.24) is 9.97 Å². The van der Waals surface area contributed by atoms with E-state index in [1.54, 1.807) is 12.1 Å². The van der Waals surface area contributed by atoms with E-state index >= 15 is 0 Å². The highest BCUT2D eigenvalue weighted by atomic mass is 16.3. The van der Waals surface area contributed by atoms with E-state index in [4.69, 9.17) is 0 Å². The SMILES string of the molecule is Cc1cc(C)nc(-c2cc[c]c(O)c2)n1. The van der Waals surface area contributed by atoms with Crippen molar-refractivity contribution in [3.8, 4) is 17.1 Å². The first-order valence-electron chi connectivity index (χ1n) is 4.68. The molecule has 2 rings (SSSR count). The summed E-state index contributed by atoms with van der Waals surface area (Å²) in [7, 11) is 0. The molecule has 1 N–H and O–H groups in total. The lowest BCUT2D eigenvalue weighted by atomic mass is 10.2. The Labute approximate surface area is 88.5 Å². The molecule has 0 unspecified atom stereocenters. The first-order chi connectivity index (χ1) is 7.15. The van der Waals surface area contributed by atoms with Crippen molar-refractivity contribution < 1.29 is 5.11 Å². The zero-order chi connectivity index (χ0) is 10.8. The van der Waals surface area contributed by atoms with Gasteiger partial charge in [-0.3, -0.25) is 0 Å². The molecule has 0 aliphatic heterocycles. The second kappa shape index (κ2) is 3.69. The highest BCUT2D eigenvalue weighted by Crippen LogP contribution is 2.19. The number of aromatic hydroxyl groups is 1. The lowest BCUT2D eigenvalue weighted by Crippen LogP contribution is -1.93. The van der Waals surface area contributed by atoms with Gasteiger partial charge in [0.2, 0.25) is 0 Å². The van der Waals surface area contributed by atoms with E-state index < -0.39 is 0 Å². The molecule has 0 saturated heterocycles. The summed E-state index contributed by atoms with van der Waals surface area (Å²) in [6.07, 6.45) is 0. The van der Waals surface area contributed by atoms with E-state index in [1.807, 2.05) is 26.0 Å². The van der Waals surface area contributed by atoms with Crippen LogP contribution in [0.15, 0.2) is 24.3 Å². The molecule has 0 saturated carbocycles. The normalized spacial score (nSPS) is 10.3. The van der Waals surface area contributed by atoms with Crippen LogP contribution < -0.4 is 0 Å².